The van der Waals surface area contributed by atoms with E-state index in [1.54, 1.807) is 6.20 Å². The van der Waals surface area contributed by atoms with Crippen LogP contribution in [0.1, 0.15) is 61.3 Å². The molecule has 6 heteroatoms. The minimum atomic E-state index is -0.0421. The van der Waals surface area contributed by atoms with Gasteiger partial charge in [0.1, 0.15) is 0 Å². The highest BCUT2D eigenvalue weighted by molar-refractivity contribution is 6.01. The highest BCUT2D eigenvalue weighted by Crippen LogP contribution is 2.26. The Labute approximate surface area is 200 Å². The number of benzene rings is 2. The summed E-state index contributed by atoms with van der Waals surface area (Å²) in [6.45, 7) is 4.30. The van der Waals surface area contributed by atoms with Gasteiger partial charge in [-0.3, -0.25) is 14.9 Å². The smallest absolute Gasteiger partial charge is 0.253 e. The van der Waals surface area contributed by atoms with E-state index in [1.165, 1.54) is 0 Å². The van der Waals surface area contributed by atoms with Crippen LogP contribution in [0.3, 0.4) is 0 Å². The van der Waals surface area contributed by atoms with Crippen molar-refractivity contribution in [2.45, 2.75) is 45.6 Å². The fourth-order valence-corrected chi connectivity index (χ4v) is 4.08. The third kappa shape index (κ3) is 5.70. The monoisotopic (exact) mass is 453 g/mol. The number of carbonyl (C=O) groups is 1. The molecule has 4 aromatic rings. The van der Waals surface area contributed by atoms with Gasteiger partial charge in [0.2, 0.25) is 0 Å². The standard InChI is InChI=1S/C28H31N5O/c1-3-9-21(10-4-2)31-28(34)24-12-5-6-13-25(24)30-22-14-16-23-26(32-33-27(23)19-22)17-15-20-11-7-8-18-29-20/h5-8,11-19,21,30H,3-4,9-10H2,1-2H3,(H,31,34)(H,32,33)/b17-15+. The number of para-hydroxylation sites is 1. The van der Waals surface area contributed by atoms with Crippen molar-refractivity contribution in [1.29, 1.82) is 0 Å². The third-order valence-electron chi connectivity index (χ3n) is 5.75. The molecule has 2 heterocycles. The topological polar surface area (TPSA) is 82.7 Å². The zero-order valence-electron chi connectivity index (χ0n) is 19.7. The number of fused-ring (bicyclic) bond motifs is 1. The number of aromatic nitrogens is 3. The summed E-state index contributed by atoms with van der Waals surface area (Å²) in [6, 6.07) is 19.7. The zero-order chi connectivity index (χ0) is 23.8. The van der Waals surface area contributed by atoms with Crippen LogP contribution < -0.4 is 10.6 Å². The Kier molecular flexibility index (Phi) is 7.71. The van der Waals surface area contributed by atoms with Gasteiger partial charge in [0, 0.05) is 23.3 Å². The van der Waals surface area contributed by atoms with E-state index < -0.39 is 0 Å². The summed E-state index contributed by atoms with van der Waals surface area (Å²) in [5, 5.41) is 15.2. The maximum atomic E-state index is 13.0. The SMILES string of the molecule is CCCC(CCC)NC(=O)c1ccccc1Nc1ccc2c(/C=C/c3ccccn3)n[nH]c2c1. The average Bonchev–Trinajstić information content (AvgIpc) is 3.26. The van der Waals surface area contributed by atoms with Gasteiger partial charge >= 0.3 is 0 Å². The molecule has 0 saturated carbocycles. The molecule has 2 aromatic carbocycles. The Morgan fingerprint density at radius 2 is 1.79 bits per heavy atom. The Morgan fingerprint density at radius 3 is 2.56 bits per heavy atom. The van der Waals surface area contributed by atoms with Crippen LogP contribution in [-0.2, 0) is 0 Å². The van der Waals surface area contributed by atoms with Crippen molar-refractivity contribution >= 4 is 40.3 Å². The van der Waals surface area contributed by atoms with E-state index in [0.717, 1.165) is 59.3 Å². The first-order chi connectivity index (χ1) is 16.7. The van der Waals surface area contributed by atoms with E-state index in [9.17, 15) is 4.79 Å². The summed E-state index contributed by atoms with van der Waals surface area (Å²) in [5.74, 6) is -0.0421. The Morgan fingerprint density at radius 1 is 1.00 bits per heavy atom. The molecule has 4 rings (SSSR count). The van der Waals surface area contributed by atoms with Crippen molar-refractivity contribution in [2.24, 2.45) is 0 Å². The lowest BCUT2D eigenvalue weighted by Crippen LogP contribution is -2.35. The van der Waals surface area contributed by atoms with Crippen molar-refractivity contribution < 1.29 is 4.79 Å². The zero-order valence-corrected chi connectivity index (χ0v) is 19.7. The predicted octanol–water partition coefficient (Wildman–Crippen LogP) is 6.57. The molecule has 0 aliphatic carbocycles. The van der Waals surface area contributed by atoms with Gasteiger partial charge in [-0.25, -0.2) is 0 Å². The molecular weight excluding hydrogens is 422 g/mol. The summed E-state index contributed by atoms with van der Waals surface area (Å²) in [4.78, 5) is 17.4. The van der Waals surface area contributed by atoms with E-state index in [4.69, 9.17) is 0 Å². The van der Waals surface area contributed by atoms with Crippen molar-refractivity contribution in [3.63, 3.8) is 0 Å². The Hall–Kier alpha value is -3.93. The van der Waals surface area contributed by atoms with Crippen molar-refractivity contribution in [3.05, 3.63) is 83.8 Å². The van der Waals surface area contributed by atoms with Gasteiger partial charge in [-0.2, -0.15) is 5.10 Å². The quantitative estimate of drug-likeness (QED) is 0.254. The molecule has 34 heavy (non-hydrogen) atoms. The number of amides is 1. The largest absolute Gasteiger partial charge is 0.355 e. The number of nitrogens with one attached hydrogen (secondary N) is 3. The Balaban J connectivity index is 1.52. The summed E-state index contributed by atoms with van der Waals surface area (Å²) in [7, 11) is 0. The fraction of sp³-hybridized carbons (Fsp3) is 0.250. The van der Waals surface area contributed by atoms with Crippen LogP contribution in [0, 0.1) is 0 Å². The van der Waals surface area contributed by atoms with Gasteiger partial charge in [0.05, 0.1) is 28.2 Å². The number of pyridine rings is 1. The highest BCUT2D eigenvalue weighted by atomic mass is 16.1. The molecule has 0 saturated heterocycles. The number of nitrogens with zero attached hydrogens (tertiary/aromatic N) is 2. The maximum absolute atomic E-state index is 13.0. The lowest BCUT2D eigenvalue weighted by Gasteiger charge is -2.19. The van der Waals surface area contributed by atoms with Crippen LogP contribution in [0.2, 0.25) is 0 Å². The first-order valence-electron chi connectivity index (χ1n) is 11.9. The summed E-state index contributed by atoms with van der Waals surface area (Å²) >= 11 is 0. The number of anilines is 2. The van der Waals surface area contributed by atoms with Crippen LogP contribution in [0.15, 0.2) is 66.9 Å². The molecule has 1 amide bonds. The second-order valence-electron chi connectivity index (χ2n) is 8.38. The normalized spacial score (nSPS) is 11.4. The lowest BCUT2D eigenvalue weighted by molar-refractivity contribution is 0.0933. The number of hydrogen-bond donors (Lipinski definition) is 3. The molecule has 0 unspecified atom stereocenters. The Bertz CT molecular complexity index is 1260. The van der Waals surface area contributed by atoms with E-state index in [0.29, 0.717) is 5.56 Å². The van der Waals surface area contributed by atoms with E-state index in [1.807, 2.05) is 72.8 Å². The number of carbonyl (C=O) groups excluding carboxylic acids is 1. The van der Waals surface area contributed by atoms with Gasteiger partial charge < -0.3 is 10.6 Å². The van der Waals surface area contributed by atoms with Crippen LogP contribution in [0.4, 0.5) is 11.4 Å². The van der Waals surface area contributed by atoms with E-state index in [2.05, 4.69) is 39.7 Å². The van der Waals surface area contributed by atoms with Gasteiger partial charge in [0.25, 0.3) is 5.91 Å². The van der Waals surface area contributed by atoms with Gasteiger partial charge in [-0.1, -0.05) is 44.9 Å². The van der Waals surface area contributed by atoms with Gasteiger partial charge in [-0.15, -0.1) is 0 Å². The lowest BCUT2D eigenvalue weighted by atomic mass is 10.1. The fourth-order valence-electron chi connectivity index (χ4n) is 4.08. The third-order valence-corrected chi connectivity index (χ3v) is 5.75. The summed E-state index contributed by atoms with van der Waals surface area (Å²) in [5.41, 5.74) is 4.95. The first-order valence-corrected chi connectivity index (χ1v) is 11.9. The molecule has 0 radical (unpaired) electrons. The molecule has 0 fully saturated rings. The van der Waals surface area contributed by atoms with E-state index in [-0.39, 0.29) is 11.9 Å². The van der Waals surface area contributed by atoms with Gasteiger partial charge in [0.15, 0.2) is 0 Å². The molecular formula is C28H31N5O. The van der Waals surface area contributed by atoms with Crippen LogP contribution in [0.25, 0.3) is 23.1 Å². The molecule has 0 aliphatic heterocycles. The van der Waals surface area contributed by atoms with Crippen molar-refractivity contribution in [2.75, 3.05) is 5.32 Å². The maximum Gasteiger partial charge on any atom is 0.253 e. The van der Waals surface area contributed by atoms with Crippen molar-refractivity contribution in [3.8, 4) is 0 Å². The predicted molar refractivity (Wildman–Crippen MR) is 140 cm³/mol. The minimum absolute atomic E-state index is 0.0421. The van der Waals surface area contributed by atoms with Gasteiger partial charge in [-0.05, 0) is 67.5 Å². The minimum Gasteiger partial charge on any atom is -0.355 e. The molecule has 0 atom stereocenters. The number of H-pyrrole nitrogens is 1. The number of hydrogen-bond acceptors (Lipinski definition) is 4. The molecule has 0 bridgehead atoms. The number of rotatable bonds is 10. The molecule has 0 spiro atoms. The highest BCUT2D eigenvalue weighted by Gasteiger charge is 2.16. The van der Waals surface area contributed by atoms with Crippen molar-refractivity contribution in [1.82, 2.24) is 20.5 Å². The summed E-state index contributed by atoms with van der Waals surface area (Å²) < 4.78 is 0. The second-order valence-corrected chi connectivity index (χ2v) is 8.38. The molecule has 3 N–H and O–H groups in total. The molecule has 6 nitrogen and oxygen atoms in total. The van der Waals surface area contributed by atoms with E-state index >= 15 is 0 Å². The van der Waals surface area contributed by atoms with Crippen LogP contribution >= 0.6 is 0 Å². The number of aromatic amines is 1. The van der Waals surface area contributed by atoms with Crippen LogP contribution in [-0.4, -0.2) is 27.1 Å². The first kappa shape index (κ1) is 23.2. The average molecular weight is 454 g/mol. The molecule has 0 aliphatic rings. The summed E-state index contributed by atoms with van der Waals surface area (Å²) in [6.07, 6.45) is 9.75. The second kappa shape index (κ2) is 11.3. The molecule has 174 valence electrons. The molecule has 2 aromatic heterocycles. The van der Waals surface area contributed by atoms with Crippen LogP contribution in [0.5, 0.6) is 0 Å².